The van der Waals surface area contributed by atoms with Crippen LogP contribution in [0.25, 0.3) is 12.3 Å². The van der Waals surface area contributed by atoms with Crippen LogP contribution >= 0.6 is 0 Å². The monoisotopic (exact) mass is 303 g/mol. The summed E-state index contributed by atoms with van der Waals surface area (Å²) in [6, 6.07) is 19.2. The standard InChI is InChI=1S/C19H17N3O/c1-2-6-15(7-3-1)11-13-23-19-21-20-18-14-17-9-5-4-8-16(17)10-12-22(18)19/h1-10,12H,11,13-14H2. The Morgan fingerprint density at radius 1 is 0.957 bits per heavy atom. The zero-order valence-electron chi connectivity index (χ0n) is 12.7. The zero-order chi connectivity index (χ0) is 15.5. The molecule has 1 aliphatic rings. The van der Waals surface area contributed by atoms with E-state index in [1.54, 1.807) is 0 Å². The number of ether oxygens (including phenoxy) is 1. The van der Waals surface area contributed by atoms with Crippen molar-refractivity contribution in [3.05, 3.63) is 77.1 Å². The van der Waals surface area contributed by atoms with Gasteiger partial charge in [-0.2, -0.15) is 0 Å². The fraction of sp³-hybridized carbons (Fsp3) is 0.158. The second-order valence-electron chi connectivity index (χ2n) is 5.54. The van der Waals surface area contributed by atoms with Gasteiger partial charge in [-0.1, -0.05) is 59.7 Å². The third-order valence-corrected chi connectivity index (χ3v) is 4.01. The molecule has 0 amide bonds. The van der Waals surface area contributed by atoms with Gasteiger partial charge in [0.15, 0.2) is 0 Å². The molecule has 3 aromatic rings. The van der Waals surface area contributed by atoms with Gasteiger partial charge >= 0.3 is 6.01 Å². The Balaban J connectivity index is 1.50. The highest BCUT2D eigenvalue weighted by Crippen LogP contribution is 2.22. The van der Waals surface area contributed by atoms with Crippen molar-refractivity contribution in [2.75, 3.05) is 6.61 Å². The molecule has 0 spiro atoms. The van der Waals surface area contributed by atoms with Crippen molar-refractivity contribution in [3.8, 4) is 6.01 Å². The van der Waals surface area contributed by atoms with E-state index in [2.05, 4.69) is 46.6 Å². The average molecular weight is 303 g/mol. The first-order valence-electron chi connectivity index (χ1n) is 7.77. The van der Waals surface area contributed by atoms with Crippen molar-refractivity contribution in [2.45, 2.75) is 12.8 Å². The van der Waals surface area contributed by atoms with Crippen LogP contribution in [0.4, 0.5) is 0 Å². The molecule has 0 atom stereocenters. The molecule has 0 bridgehead atoms. The predicted molar refractivity (Wildman–Crippen MR) is 90.1 cm³/mol. The summed E-state index contributed by atoms with van der Waals surface area (Å²) in [5, 5.41) is 8.46. The molecule has 2 aromatic carbocycles. The van der Waals surface area contributed by atoms with Crippen LogP contribution in [0.1, 0.15) is 22.5 Å². The summed E-state index contributed by atoms with van der Waals surface area (Å²) in [6.07, 6.45) is 5.68. The van der Waals surface area contributed by atoms with Crippen molar-refractivity contribution >= 4 is 12.3 Å². The van der Waals surface area contributed by atoms with Crippen LogP contribution < -0.4 is 4.74 Å². The number of fused-ring (bicyclic) bond motifs is 2. The number of hydrogen-bond acceptors (Lipinski definition) is 3. The topological polar surface area (TPSA) is 39.9 Å². The average Bonchev–Trinajstić information content (AvgIpc) is 2.87. The maximum atomic E-state index is 5.84. The van der Waals surface area contributed by atoms with Crippen LogP contribution in [0.2, 0.25) is 0 Å². The molecule has 4 nitrogen and oxygen atoms in total. The molecule has 4 heteroatoms. The van der Waals surface area contributed by atoms with Crippen LogP contribution in [0, 0.1) is 0 Å². The van der Waals surface area contributed by atoms with Crippen molar-refractivity contribution in [2.24, 2.45) is 0 Å². The first kappa shape index (κ1) is 13.8. The summed E-state index contributed by atoms with van der Waals surface area (Å²) in [4.78, 5) is 0. The lowest BCUT2D eigenvalue weighted by molar-refractivity contribution is 0.292. The molecular formula is C19H17N3O. The minimum Gasteiger partial charge on any atom is -0.463 e. The molecule has 1 aliphatic heterocycles. The van der Waals surface area contributed by atoms with Crippen molar-refractivity contribution in [3.63, 3.8) is 0 Å². The first-order valence-corrected chi connectivity index (χ1v) is 7.77. The van der Waals surface area contributed by atoms with Gasteiger partial charge in [0.25, 0.3) is 0 Å². The second-order valence-corrected chi connectivity index (χ2v) is 5.54. The minimum atomic E-state index is 0.556. The smallest absolute Gasteiger partial charge is 0.321 e. The molecule has 0 saturated carbocycles. The molecule has 23 heavy (non-hydrogen) atoms. The molecule has 0 saturated heterocycles. The van der Waals surface area contributed by atoms with Crippen LogP contribution in [0.3, 0.4) is 0 Å². The van der Waals surface area contributed by atoms with E-state index in [-0.39, 0.29) is 0 Å². The summed E-state index contributed by atoms with van der Waals surface area (Å²) in [7, 11) is 0. The van der Waals surface area contributed by atoms with Crippen LogP contribution in [0.15, 0.2) is 54.6 Å². The Bertz CT molecular complexity index is 837. The lowest BCUT2D eigenvalue weighted by atomic mass is 10.1. The van der Waals surface area contributed by atoms with E-state index in [9.17, 15) is 0 Å². The third kappa shape index (κ3) is 2.88. The maximum absolute atomic E-state index is 5.84. The normalized spacial score (nSPS) is 12.3. The summed E-state index contributed by atoms with van der Waals surface area (Å²) < 4.78 is 7.78. The summed E-state index contributed by atoms with van der Waals surface area (Å²) in [5.41, 5.74) is 3.73. The Hall–Kier alpha value is -2.88. The van der Waals surface area contributed by atoms with Gasteiger partial charge in [0.05, 0.1) is 6.61 Å². The predicted octanol–water partition coefficient (Wildman–Crippen LogP) is 3.43. The van der Waals surface area contributed by atoms with Crippen LogP contribution in [-0.4, -0.2) is 21.4 Å². The van der Waals surface area contributed by atoms with E-state index in [0.717, 1.165) is 18.7 Å². The molecule has 114 valence electrons. The zero-order valence-corrected chi connectivity index (χ0v) is 12.7. The quantitative estimate of drug-likeness (QED) is 0.580. The summed E-state index contributed by atoms with van der Waals surface area (Å²) in [6.45, 7) is 0.586. The Labute approximate surface area is 135 Å². The van der Waals surface area contributed by atoms with E-state index < -0.39 is 0 Å². The van der Waals surface area contributed by atoms with Gasteiger partial charge in [0.1, 0.15) is 5.82 Å². The fourth-order valence-electron chi connectivity index (χ4n) is 2.76. The van der Waals surface area contributed by atoms with Crippen molar-refractivity contribution in [1.29, 1.82) is 0 Å². The van der Waals surface area contributed by atoms with Crippen LogP contribution in [0.5, 0.6) is 6.01 Å². The van der Waals surface area contributed by atoms with Gasteiger partial charge in [0.2, 0.25) is 0 Å². The number of rotatable bonds is 4. The van der Waals surface area contributed by atoms with E-state index >= 15 is 0 Å². The molecule has 0 unspecified atom stereocenters. The van der Waals surface area contributed by atoms with E-state index in [4.69, 9.17) is 4.74 Å². The van der Waals surface area contributed by atoms with Crippen molar-refractivity contribution in [1.82, 2.24) is 14.8 Å². The van der Waals surface area contributed by atoms with E-state index in [1.807, 2.05) is 35.0 Å². The third-order valence-electron chi connectivity index (χ3n) is 4.01. The Kier molecular flexibility index (Phi) is 3.64. The van der Waals surface area contributed by atoms with E-state index in [0.29, 0.717) is 12.6 Å². The summed E-state index contributed by atoms with van der Waals surface area (Å²) >= 11 is 0. The maximum Gasteiger partial charge on any atom is 0.321 e. The fourth-order valence-corrected chi connectivity index (χ4v) is 2.76. The highest BCUT2D eigenvalue weighted by Gasteiger charge is 2.15. The lowest BCUT2D eigenvalue weighted by Gasteiger charge is -2.06. The van der Waals surface area contributed by atoms with Gasteiger partial charge in [0, 0.05) is 19.0 Å². The molecule has 0 radical (unpaired) electrons. The van der Waals surface area contributed by atoms with Gasteiger partial charge in [-0.3, -0.25) is 4.57 Å². The van der Waals surface area contributed by atoms with Crippen LogP contribution in [-0.2, 0) is 12.8 Å². The number of hydrogen-bond donors (Lipinski definition) is 0. The second kappa shape index (κ2) is 6.08. The van der Waals surface area contributed by atoms with Gasteiger partial charge in [-0.05, 0) is 22.8 Å². The van der Waals surface area contributed by atoms with E-state index in [1.165, 1.54) is 16.7 Å². The highest BCUT2D eigenvalue weighted by atomic mass is 16.5. The van der Waals surface area contributed by atoms with Gasteiger partial charge in [-0.25, -0.2) is 0 Å². The highest BCUT2D eigenvalue weighted by molar-refractivity contribution is 5.66. The molecule has 1 aromatic heterocycles. The molecule has 0 fully saturated rings. The van der Waals surface area contributed by atoms with Gasteiger partial charge < -0.3 is 4.74 Å². The Morgan fingerprint density at radius 2 is 1.78 bits per heavy atom. The summed E-state index contributed by atoms with van der Waals surface area (Å²) in [5.74, 6) is 0.904. The van der Waals surface area contributed by atoms with Gasteiger partial charge in [-0.15, -0.1) is 5.10 Å². The first-order chi connectivity index (χ1) is 11.4. The molecule has 2 heterocycles. The molecule has 0 N–H and O–H groups in total. The number of aromatic nitrogens is 3. The van der Waals surface area contributed by atoms with Crippen molar-refractivity contribution < 1.29 is 4.74 Å². The Morgan fingerprint density at radius 3 is 2.70 bits per heavy atom. The molecule has 4 rings (SSSR count). The lowest BCUT2D eigenvalue weighted by Crippen LogP contribution is -2.05. The SMILES string of the molecule is C1=Cn2c(nnc2OCCc2ccccc2)Cc2ccccc21. The molecule has 0 aliphatic carbocycles. The number of benzene rings is 2. The number of nitrogens with zero attached hydrogens (tertiary/aromatic N) is 3. The minimum absolute atomic E-state index is 0.556. The largest absolute Gasteiger partial charge is 0.463 e. The molecular weight excluding hydrogens is 286 g/mol.